The number of carbonyl (C=O) groups is 2. The first-order valence-corrected chi connectivity index (χ1v) is 12.7. The van der Waals surface area contributed by atoms with Crippen LogP contribution < -0.4 is 4.72 Å². The number of amides is 2. The summed E-state index contributed by atoms with van der Waals surface area (Å²) in [5.74, 6) is -4.89. The van der Waals surface area contributed by atoms with Crippen LogP contribution in [0.3, 0.4) is 0 Å². The molecular weight excluding hydrogens is 495 g/mol. The number of hydrogen-bond acceptors (Lipinski definition) is 4. The number of fused-ring (bicyclic) bond motifs is 1. The Morgan fingerprint density at radius 2 is 1.89 bits per heavy atom. The van der Waals surface area contributed by atoms with Crippen LogP contribution in [0.1, 0.15) is 45.9 Å². The number of hydrogen-bond donors (Lipinski definition) is 1. The lowest BCUT2D eigenvalue weighted by atomic mass is 9.92. The third kappa shape index (κ3) is 4.23. The molecule has 0 bridgehead atoms. The van der Waals surface area contributed by atoms with Crippen molar-refractivity contribution >= 4 is 39.0 Å². The standard InChI is InChI=1S/C25H20F3N3O4S/c1-13-9-18-21(11-20(13)28)31(12-14-10-15(26)4-7-19(14)27)23(22(18)17-3-2-8-29-24(17)32)25(33)30-36(34,35)16-5-6-16/h2-4,7-11,16-17H,5-6,12H2,1H3,(H,30,33). The molecule has 7 nitrogen and oxygen atoms in total. The fourth-order valence-corrected chi connectivity index (χ4v) is 5.64. The summed E-state index contributed by atoms with van der Waals surface area (Å²) in [6.45, 7) is 1.07. The number of aromatic nitrogens is 1. The summed E-state index contributed by atoms with van der Waals surface area (Å²) in [4.78, 5) is 30.0. The van der Waals surface area contributed by atoms with E-state index in [9.17, 15) is 31.2 Å². The van der Waals surface area contributed by atoms with E-state index >= 15 is 0 Å². The van der Waals surface area contributed by atoms with Gasteiger partial charge in [-0.2, -0.15) is 0 Å². The van der Waals surface area contributed by atoms with E-state index in [-0.39, 0.29) is 27.9 Å². The van der Waals surface area contributed by atoms with E-state index in [0.29, 0.717) is 18.2 Å². The van der Waals surface area contributed by atoms with Crippen molar-refractivity contribution < 1.29 is 31.2 Å². The Morgan fingerprint density at radius 3 is 2.58 bits per heavy atom. The van der Waals surface area contributed by atoms with E-state index in [1.165, 1.54) is 35.9 Å². The van der Waals surface area contributed by atoms with Crippen molar-refractivity contribution in [1.29, 1.82) is 0 Å². The minimum atomic E-state index is -4.01. The first kappa shape index (κ1) is 24.0. The van der Waals surface area contributed by atoms with E-state index in [1.54, 1.807) is 0 Å². The van der Waals surface area contributed by atoms with E-state index in [1.807, 2.05) is 4.72 Å². The van der Waals surface area contributed by atoms with Gasteiger partial charge in [0.15, 0.2) is 0 Å². The molecule has 2 aliphatic rings. The van der Waals surface area contributed by atoms with Gasteiger partial charge in [0.25, 0.3) is 11.8 Å². The average Bonchev–Trinajstić information content (AvgIpc) is 3.63. The summed E-state index contributed by atoms with van der Waals surface area (Å²) in [6.07, 6.45) is 5.07. The number of aliphatic imine (C=N–C) groups is 1. The van der Waals surface area contributed by atoms with Gasteiger partial charge in [0.1, 0.15) is 23.1 Å². The third-order valence-electron chi connectivity index (χ3n) is 6.30. The normalized spacial score (nSPS) is 17.7. The van der Waals surface area contributed by atoms with E-state index in [4.69, 9.17) is 0 Å². The topological polar surface area (TPSA) is 97.6 Å². The van der Waals surface area contributed by atoms with Crippen molar-refractivity contribution in [3.8, 4) is 0 Å². The molecular formula is C25H20F3N3O4S. The zero-order chi connectivity index (χ0) is 25.8. The van der Waals surface area contributed by atoms with Gasteiger partial charge in [-0.1, -0.05) is 6.08 Å². The highest BCUT2D eigenvalue weighted by Crippen LogP contribution is 2.37. The van der Waals surface area contributed by atoms with Gasteiger partial charge in [-0.3, -0.25) is 9.59 Å². The van der Waals surface area contributed by atoms with Crippen LogP contribution in [0, 0.1) is 24.4 Å². The molecule has 2 heterocycles. The number of nitrogens with zero attached hydrogens (tertiary/aromatic N) is 2. The second-order valence-corrected chi connectivity index (χ2v) is 10.8. The fourth-order valence-electron chi connectivity index (χ4n) is 4.36. The van der Waals surface area contributed by atoms with Crippen molar-refractivity contribution in [3.63, 3.8) is 0 Å². The zero-order valence-corrected chi connectivity index (χ0v) is 19.8. The maximum absolute atomic E-state index is 14.7. The van der Waals surface area contributed by atoms with Crippen LogP contribution in [0.4, 0.5) is 13.2 Å². The monoisotopic (exact) mass is 515 g/mol. The number of nitrogens with one attached hydrogen (secondary N) is 1. The van der Waals surface area contributed by atoms with E-state index in [2.05, 4.69) is 4.99 Å². The van der Waals surface area contributed by atoms with Crippen molar-refractivity contribution in [2.24, 2.45) is 4.99 Å². The number of dihydropyridines is 1. The molecule has 1 aromatic heterocycles. The highest BCUT2D eigenvalue weighted by molar-refractivity contribution is 7.91. The molecule has 1 aliphatic carbocycles. The van der Waals surface area contributed by atoms with Crippen molar-refractivity contribution in [1.82, 2.24) is 9.29 Å². The molecule has 1 fully saturated rings. The molecule has 186 valence electrons. The minimum Gasteiger partial charge on any atom is -0.331 e. The molecule has 2 amide bonds. The highest BCUT2D eigenvalue weighted by atomic mass is 32.2. The summed E-state index contributed by atoms with van der Waals surface area (Å²) in [6, 6.07) is 5.34. The first-order chi connectivity index (χ1) is 17.1. The summed E-state index contributed by atoms with van der Waals surface area (Å²) < 4.78 is 71.7. The Balaban J connectivity index is 1.79. The molecule has 1 saturated carbocycles. The molecule has 2 aromatic carbocycles. The number of sulfonamides is 1. The van der Waals surface area contributed by atoms with Crippen LogP contribution in [-0.2, 0) is 21.4 Å². The molecule has 1 aliphatic heterocycles. The predicted octanol–water partition coefficient (Wildman–Crippen LogP) is 3.89. The second-order valence-electron chi connectivity index (χ2n) is 8.86. The number of allylic oxidation sites excluding steroid dienone is 1. The number of benzene rings is 2. The third-order valence-corrected chi connectivity index (χ3v) is 8.12. The smallest absolute Gasteiger partial charge is 0.281 e. The minimum absolute atomic E-state index is 0.103. The molecule has 1 unspecified atom stereocenters. The summed E-state index contributed by atoms with van der Waals surface area (Å²) in [7, 11) is -4.01. The van der Waals surface area contributed by atoms with Crippen molar-refractivity contribution in [2.75, 3.05) is 0 Å². The SMILES string of the molecule is Cc1cc2c(C3C=CC=NC3=O)c(C(=O)NS(=O)(=O)C3CC3)n(Cc3cc(F)ccc3F)c2cc1F. The number of aryl methyl sites for hydroxylation is 1. The molecule has 5 rings (SSSR count). The lowest BCUT2D eigenvalue weighted by Crippen LogP contribution is -2.35. The molecule has 1 atom stereocenters. The van der Waals surface area contributed by atoms with Crippen LogP contribution in [0.15, 0.2) is 47.5 Å². The van der Waals surface area contributed by atoms with Gasteiger partial charge in [-0.25, -0.2) is 31.3 Å². The molecule has 11 heteroatoms. The maximum atomic E-state index is 14.7. The van der Waals surface area contributed by atoms with Gasteiger partial charge >= 0.3 is 0 Å². The molecule has 0 saturated heterocycles. The first-order valence-electron chi connectivity index (χ1n) is 11.1. The van der Waals surface area contributed by atoms with Gasteiger partial charge in [-0.05, 0) is 61.7 Å². The van der Waals surface area contributed by atoms with Gasteiger partial charge in [0.05, 0.1) is 23.2 Å². The van der Waals surface area contributed by atoms with Crippen LogP contribution in [-0.4, -0.2) is 36.3 Å². The van der Waals surface area contributed by atoms with E-state index in [0.717, 1.165) is 24.3 Å². The van der Waals surface area contributed by atoms with Crippen molar-refractivity contribution in [3.05, 3.63) is 82.3 Å². The summed E-state index contributed by atoms with van der Waals surface area (Å²) in [5, 5.41) is -0.427. The van der Waals surface area contributed by atoms with Gasteiger partial charge in [0, 0.05) is 22.7 Å². The quantitative estimate of drug-likeness (QED) is 0.539. The summed E-state index contributed by atoms with van der Waals surface area (Å²) in [5.41, 5.74) is 0.00387. The van der Waals surface area contributed by atoms with Crippen molar-refractivity contribution in [2.45, 2.75) is 37.5 Å². The van der Waals surface area contributed by atoms with Crippen LogP contribution >= 0.6 is 0 Å². The average molecular weight is 516 g/mol. The predicted molar refractivity (Wildman–Crippen MR) is 127 cm³/mol. The Morgan fingerprint density at radius 1 is 1.14 bits per heavy atom. The Bertz CT molecular complexity index is 1600. The van der Waals surface area contributed by atoms with Gasteiger partial charge in [-0.15, -0.1) is 0 Å². The molecule has 36 heavy (non-hydrogen) atoms. The van der Waals surface area contributed by atoms with E-state index < -0.39 is 57.0 Å². The molecule has 3 aromatic rings. The fraction of sp³-hybridized carbons (Fsp3) is 0.240. The largest absolute Gasteiger partial charge is 0.331 e. The van der Waals surface area contributed by atoms with Crippen LogP contribution in [0.25, 0.3) is 10.9 Å². The number of halogens is 3. The Kier molecular flexibility index (Phi) is 5.82. The summed E-state index contributed by atoms with van der Waals surface area (Å²) >= 11 is 0. The number of rotatable bonds is 6. The second kappa shape index (κ2) is 8.74. The number of carbonyl (C=O) groups excluding carboxylic acids is 2. The van der Waals surface area contributed by atoms with Gasteiger partial charge in [0.2, 0.25) is 10.0 Å². The zero-order valence-electron chi connectivity index (χ0n) is 19.0. The highest BCUT2D eigenvalue weighted by Gasteiger charge is 2.39. The molecule has 1 N–H and O–H groups in total. The maximum Gasteiger partial charge on any atom is 0.281 e. The molecule has 0 spiro atoms. The van der Waals surface area contributed by atoms with Crippen LogP contribution in [0.2, 0.25) is 0 Å². The van der Waals surface area contributed by atoms with Gasteiger partial charge < -0.3 is 4.57 Å². The Labute approximate surface area is 204 Å². The lowest BCUT2D eigenvalue weighted by Gasteiger charge is -2.16. The Hall–Kier alpha value is -3.73. The molecule has 0 radical (unpaired) electrons. The lowest BCUT2D eigenvalue weighted by molar-refractivity contribution is -0.118. The van der Waals surface area contributed by atoms with Crippen LogP contribution in [0.5, 0.6) is 0 Å².